The maximum Gasteiger partial charge on any atom is 0.225 e. The van der Waals surface area contributed by atoms with E-state index >= 15 is 0 Å². The van der Waals surface area contributed by atoms with Gasteiger partial charge in [-0.05, 0) is 31.9 Å². The number of para-hydroxylation sites is 1. The van der Waals surface area contributed by atoms with Crippen LogP contribution in [0.25, 0.3) is 0 Å². The molecular formula is C19H29N3O2. The normalized spacial score (nSPS) is 23.7. The molecule has 0 bridgehead atoms. The number of piperazine rings is 1. The van der Waals surface area contributed by atoms with Crippen molar-refractivity contribution in [2.75, 3.05) is 50.8 Å². The fourth-order valence-electron chi connectivity index (χ4n) is 3.57. The summed E-state index contributed by atoms with van der Waals surface area (Å²) in [6, 6.07) is 10.8. The predicted octanol–water partition coefficient (Wildman–Crippen LogP) is 1.74. The lowest BCUT2D eigenvalue weighted by atomic mass is 10.0. The third-order valence-corrected chi connectivity index (χ3v) is 4.95. The van der Waals surface area contributed by atoms with Crippen LogP contribution < -0.4 is 10.2 Å². The maximum absolute atomic E-state index is 12.3. The number of hydrogen-bond acceptors (Lipinski definition) is 4. The highest BCUT2D eigenvalue weighted by atomic mass is 16.5. The quantitative estimate of drug-likeness (QED) is 0.893. The van der Waals surface area contributed by atoms with E-state index < -0.39 is 0 Å². The summed E-state index contributed by atoms with van der Waals surface area (Å²) in [7, 11) is 0. The van der Waals surface area contributed by atoms with E-state index in [1.165, 1.54) is 5.69 Å². The third-order valence-electron chi connectivity index (χ3n) is 4.95. The third kappa shape index (κ3) is 4.71. The number of ether oxygens (including phenoxy) is 1. The van der Waals surface area contributed by atoms with E-state index in [0.717, 1.165) is 52.2 Å². The first-order chi connectivity index (χ1) is 11.7. The summed E-state index contributed by atoms with van der Waals surface area (Å²) >= 11 is 0. The molecule has 2 saturated heterocycles. The standard InChI is InChI=1S/C19H29N3O2/c1-16(20-19(23)17-6-5-13-24-15-17)14-21-9-11-22(12-10-21)18-7-3-2-4-8-18/h2-4,7-8,16-17H,5-6,9-15H2,1H3,(H,20,23)/t16-,17+/m1/s1. The second-order valence-corrected chi connectivity index (χ2v) is 6.95. The molecule has 5 heteroatoms. The zero-order valence-corrected chi connectivity index (χ0v) is 14.6. The summed E-state index contributed by atoms with van der Waals surface area (Å²) in [6.07, 6.45) is 1.95. The molecule has 0 aliphatic carbocycles. The minimum atomic E-state index is 0.0381. The molecule has 0 saturated carbocycles. The fourth-order valence-corrected chi connectivity index (χ4v) is 3.57. The van der Waals surface area contributed by atoms with Gasteiger partial charge in [0.2, 0.25) is 5.91 Å². The number of rotatable bonds is 5. The number of benzene rings is 1. The van der Waals surface area contributed by atoms with Crippen LogP contribution >= 0.6 is 0 Å². The number of amides is 1. The minimum Gasteiger partial charge on any atom is -0.381 e. The molecule has 1 N–H and O–H groups in total. The number of nitrogens with one attached hydrogen (secondary N) is 1. The highest BCUT2D eigenvalue weighted by molar-refractivity contribution is 5.79. The molecule has 132 valence electrons. The average Bonchev–Trinajstić information content (AvgIpc) is 2.64. The lowest BCUT2D eigenvalue weighted by molar-refractivity contribution is -0.129. The molecule has 1 aromatic carbocycles. The van der Waals surface area contributed by atoms with Gasteiger partial charge in [-0.3, -0.25) is 9.69 Å². The summed E-state index contributed by atoms with van der Waals surface area (Å²) in [6.45, 7) is 8.57. The highest BCUT2D eigenvalue weighted by Crippen LogP contribution is 2.16. The van der Waals surface area contributed by atoms with Crippen molar-refractivity contribution in [2.24, 2.45) is 5.92 Å². The molecule has 2 heterocycles. The number of carbonyl (C=O) groups excluding carboxylic acids is 1. The number of hydrogen-bond donors (Lipinski definition) is 1. The molecule has 2 atom stereocenters. The van der Waals surface area contributed by atoms with Gasteiger partial charge in [0, 0.05) is 51.1 Å². The van der Waals surface area contributed by atoms with E-state index in [-0.39, 0.29) is 17.9 Å². The van der Waals surface area contributed by atoms with Gasteiger partial charge in [0.05, 0.1) is 12.5 Å². The lowest BCUT2D eigenvalue weighted by Gasteiger charge is -2.37. The van der Waals surface area contributed by atoms with Gasteiger partial charge in [-0.15, -0.1) is 0 Å². The zero-order valence-electron chi connectivity index (χ0n) is 14.6. The van der Waals surface area contributed by atoms with Crippen LogP contribution in [-0.2, 0) is 9.53 Å². The summed E-state index contributed by atoms with van der Waals surface area (Å²) in [4.78, 5) is 17.1. The van der Waals surface area contributed by atoms with E-state index in [2.05, 4.69) is 52.4 Å². The van der Waals surface area contributed by atoms with Gasteiger partial charge >= 0.3 is 0 Å². The van der Waals surface area contributed by atoms with Crippen LogP contribution in [0.5, 0.6) is 0 Å². The summed E-state index contributed by atoms with van der Waals surface area (Å²) in [5, 5.41) is 3.17. The monoisotopic (exact) mass is 331 g/mol. The molecule has 1 amide bonds. The first-order valence-electron chi connectivity index (χ1n) is 9.13. The van der Waals surface area contributed by atoms with Gasteiger partial charge in [0.15, 0.2) is 0 Å². The Morgan fingerprint density at radius 1 is 1.25 bits per heavy atom. The van der Waals surface area contributed by atoms with Crippen LogP contribution in [0, 0.1) is 5.92 Å². The smallest absolute Gasteiger partial charge is 0.225 e. The second kappa shape index (κ2) is 8.49. The van der Waals surface area contributed by atoms with Crippen molar-refractivity contribution in [2.45, 2.75) is 25.8 Å². The number of carbonyl (C=O) groups is 1. The molecule has 2 aliphatic heterocycles. The second-order valence-electron chi connectivity index (χ2n) is 6.95. The van der Waals surface area contributed by atoms with Crippen molar-refractivity contribution < 1.29 is 9.53 Å². The van der Waals surface area contributed by atoms with Crippen LogP contribution in [0.3, 0.4) is 0 Å². The van der Waals surface area contributed by atoms with Crippen molar-refractivity contribution in [1.29, 1.82) is 0 Å². The van der Waals surface area contributed by atoms with Gasteiger partial charge in [0.25, 0.3) is 0 Å². The Bertz CT molecular complexity index is 509. The van der Waals surface area contributed by atoms with Crippen molar-refractivity contribution in [1.82, 2.24) is 10.2 Å². The van der Waals surface area contributed by atoms with E-state index in [1.807, 2.05) is 0 Å². The van der Waals surface area contributed by atoms with Crippen molar-refractivity contribution >= 4 is 11.6 Å². The maximum atomic E-state index is 12.3. The predicted molar refractivity (Wildman–Crippen MR) is 96.2 cm³/mol. The van der Waals surface area contributed by atoms with Crippen LogP contribution in [0.15, 0.2) is 30.3 Å². The molecule has 0 spiro atoms. The van der Waals surface area contributed by atoms with Crippen molar-refractivity contribution in [3.05, 3.63) is 30.3 Å². The summed E-state index contributed by atoms with van der Waals surface area (Å²) in [5.41, 5.74) is 1.30. The van der Waals surface area contributed by atoms with Crippen LogP contribution in [-0.4, -0.2) is 62.8 Å². The van der Waals surface area contributed by atoms with Gasteiger partial charge in [-0.25, -0.2) is 0 Å². The Hall–Kier alpha value is -1.59. The van der Waals surface area contributed by atoms with E-state index in [1.54, 1.807) is 0 Å². The Balaban J connectivity index is 1.40. The molecule has 2 aliphatic rings. The summed E-state index contributed by atoms with van der Waals surface area (Å²) in [5.74, 6) is 0.196. The topological polar surface area (TPSA) is 44.8 Å². The number of anilines is 1. The van der Waals surface area contributed by atoms with Crippen molar-refractivity contribution in [3.8, 4) is 0 Å². The van der Waals surface area contributed by atoms with Crippen LogP contribution in [0.4, 0.5) is 5.69 Å². The molecular weight excluding hydrogens is 302 g/mol. The number of nitrogens with zero attached hydrogens (tertiary/aromatic N) is 2. The average molecular weight is 331 g/mol. The van der Waals surface area contributed by atoms with Gasteiger partial charge in [-0.2, -0.15) is 0 Å². The minimum absolute atomic E-state index is 0.0381. The fraction of sp³-hybridized carbons (Fsp3) is 0.632. The van der Waals surface area contributed by atoms with Crippen LogP contribution in [0.2, 0.25) is 0 Å². The molecule has 2 fully saturated rings. The molecule has 0 radical (unpaired) electrons. The highest BCUT2D eigenvalue weighted by Gasteiger charge is 2.24. The van der Waals surface area contributed by atoms with Gasteiger partial charge < -0.3 is 15.0 Å². The first kappa shape index (κ1) is 17.2. The molecule has 3 rings (SSSR count). The lowest BCUT2D eigenvalue weighted by Crippen LogP contribution is -2.51. The van der Waals surface area contributed by atoms with E-state index in [4.69, 9.17) is 4.74 Å². The Morgan fingerprint density at radius 2 is 2.00 bits per heavy atom. The zero-order chi connectivity index (χ0) is 16.8. The Labute approximate surface area is 145 Å². The molecule has 1 aromatic rings. The largest absolute Gasteiger partial charge is 0.381 e. The Kier molecular flexibility index (Phi) is 6.10. The summed E-state index contributed by atoms with van der Waals surface area (Å²) < 4.78 is 5.41. The molecule has 24 heavy (non-hydrogen) atoms. The van der Waals surface area contributed by atoms with E-state index in [0.29, 0.717) is 6.61 Å². The van der Waals surface area contributed by atoms with E-state index in [9.17, 15) is 4.79 Å². The molecule has 0 unspecified atom stereocenters. The van der Waals surface area contributed by atoms with Crippen molar-refractivity contribution in [3.63, 3.8) is 0 Å². The molecule has 5 nitrogen and oxygen atoms in total. The van der Waals surface area contributed by atoms with Gasteiger partial charge in [0.1, 0.15) is 0 Å². The SMILES string of the molecule is C[C@H](CN1CCN(c2ccccc2)CC1)NC(=O)[C@H]1CCCOC1. The molecule has 0 aromatic heterocycles. The van der Waals surface area contributed by atoms with Crippen LogP contribution in [0.1, 0.15) is 19.8 Å². The first-order valence-corrected chi connectivity index (χ1v) is 9.13. The van der Waals surface area contributed by atoms with Gasteiger partial charge in [-0.1, -0.05) is 18.2 Å². The Morgan fingerprint density at radius 3 is 2.67 bits per heavy atom.